The van der Waals surface area contributed by atoms with Crippen LogP contribution in [0.3, 0.4) is 0 Å². The molecule has 0 radical (unpaired) electrons. The van der Waals surface area contributed by atoms with Gasteiger partial charge in [0.2, 0.25) is 0 Å². The highest BCUT2D eigenvalue weighted by molar-refractivity contribution is 6.21. The monoisotopic (exact) mass is 267 g/mol. The van der Waals surface area contributed by atoms with E-state index < -0.39 is 0 Å². The first kappa shape index (κ1) is 14.1. The minimum Gasteiger partial charge on any atom is -0.289 e. The summed E-state index contributed by atoms with van der Waals surface area (Å²) >= 11 is 0. The van der Waals surface area contributed by atoms with Gasteiger partial charge in [-0.2, -0.15) is 0 Å². The van der Waals surface area contributed by atoms with E-state index in [-0.39, 0.29) is 11.6 Å². The van der Waals surface area contributed by atoms with Gasteiger partial charge in [0, 0.05) is 6.20 Å². The molecule has 3 nitrogen and oxygen atoms in total. The van der Waals surface area contributed by atoms with E-state index in [0.717, 1.165) is 11.3 Å². The Kier molecular flexibility index (Phi) is 3.79. The van der Waals surface area contributed by atoms with E-state index in [4.69, 9.17) is 0 Å². The van der Waals surface area contributed by atoms with Crippen molar-refractivity contribution in [3.05, 3.63) is 58.4 Å². The number of rotatable bonds is 1. The molecular formula is C17H17NO2. The molecule has 0 saturated carbocycles. The Balaban J connectivity index is 2.32. The lowest BCUT2D eigenvalue weighted by Crippen LogP contribution is -2.10. The molecular weight excluding hydrogens is 250 g/mol. The smallest absolute Gasteiger partial charge is 0.184 e. The Bertz CT molecular complexity index is 572. The van der Waals surface area contributed by atoms with Crippen LogP contribution < -0.4 is 0 Å². The number of ketones is 2. The number of hydrogen-bond donors (Lipinski definition) is 0. The Labute approximate surface area is 118 Å². The van der Waals surface area contributed by atoms with Gasteiger partial charge in [-0.3, -0.25) is 14.6 Å². The lowest BCUT2D eigenvalue weighted by molar-refractivity contribution is -0.113. The molecule has 0 aromatic rings. The minimum atomic E-state index is 0.0614. The van der Waals surface area contributed by atoms with Gasteiger partial charge in [0.15, 0.2) is 11.6 Å². The molecule has 0 heterocycles. The first-order valence-corrected chi connectivity index (χ1v) is 6.49. The van der Waals surface area contributed by atoms with Gasteiger partial charge < -0.3 is 0 Å². The predicted octanol–water partition coefficient (Wildman–Crippen LogP) is 3.26. The first-order chi connectivity index (χ1) is 9.38. The molecule has 0 aromatic carbocycles. The summed E-state index contributed by atoms with van der Waals surface area (Å²) in [5, 5.41) is 0. The summed E-state index contributed by atoms with van der Waals surface area (Å²) in [5.74, 6) is 0.135. The number of hydrogen-bond acceptors (Lipinski definition) is 3. The van der Waals surface area contributed by atoms with Crippen LogP contribution in [0.2, 0.25) is 0 Å². The van der Waals surface area contributed by atoms with Crippen molar-refractivity contribution in [3.8, 4) is 0 Å². The van der Waals surface area contributed by atoms with Crippen LogP contribution in [-0.4, -0.2) is 17.3 Å². The highest BCUT2D eigenvalue weighted by atomic mass is 16.1. The van der Waals surface area contributed by atoms with Crippen LogP contribution in [0.4, 0.5) is 0 Å². The fraction of sp³-hybridized carbons (Fsp3) is 0.235. The fourth-order valence-electron chi connectivity index (χ4n) is 2.21. The van der Waals surface area contributed by atoms with E-state index in [1.54, 1.807) is 46.0 Å². The number of carbonyl (C=O) groups excluding carboxylic acids is 2. The van der Waals surface area contributed by atoms with E-state index in [9.17, 15) is 9.59 Å². The van der Waals surface area contributed by atoms with Crippen LogP contribution in [0.15, 0.2) is 63.4 Å². The SMILES string of the molecule is CC1=CC(=CN=C2C=C(C)C(=O)C(C)=C2)C=C(C)C1=O. The average molecular weight is 267 g/mol. The Morgan fingerprint density at radius 3 is 1.60 bits per heavy atom. The molecule has 2 rings (SSSR count). The summed E-state index contributed by atoms with van der Waals surface area (Å²) in [6, 6.07) is 0. The van der Waals surface area contributed by atoms with E-state index >= 15 is 0 Å². The summed E-state index contributed by atoms with van der Waals surface area (Å²) in [6.45, 7) is 7.17. The molecule has 0 aliphatic heterocycles. The van der Waals surface area contributed by atoms with Crippen molar-refractivity contribution in [2.24, 2.45) is 4.99 Å². The van der Waals surface area contributed by atoms with Crippen LogP contribution >= 0.6 is 0 Å². The maximum atomic E-state index is 11.6. The van der Waals surface area contributed by atoms with Crippen molar-refractivity contribution in [2.45, 2.75) is 27.7 Å². The third-order valence-electron chi connectivity index (χ3n) is 3.29. The van der Waals surface area contributed by atoms with E-state index in [1.807, 2.05) is 12.2 Å². The third kappa shape index (κ3) is 2.82. The van der Waals surface area contributed by atoms with Gasteiger partial charge in [0.1, 0.15) is 0 Å². The molecule has 0 spiro atoms. The second-order valence-corrected chi connectivity index (χ2v) is 5.15. The minimum absolute atomic E-state index is 0.0614. The standard InChI is InChI=1S/C17H17NO2/c1-10-5-14(6-11(2)16(10)19)9-18-15-7-12(3)17(20)13(4)8-15/h5-9H,1-4H3. The molecule has 3 heteroatoms. The van der Waals surface area contributed by atoms with Crippen LogP contribution in [0.5, 0.6) is 0 Å². The Hall–Kier alpha value is -2.29. The summed E-state index contributed by atoms with van der Waals surface area (Å²) in [4.78, 5) is 27.7. The highest BCUT2D eigenvalue weighted by Gasteiger charge is 2.14. The predicted molar refractivity (Wildman–Crippen MR) is 80.6 cm³/mol. The average Bonchev–Trinajstić information content (AvgIpc) is 2.39. The molecule has 0 unspecified atom stereocenters. The largest absolute Gasteiger partial charge is 0.289 e. The summed E-state index contributed by atoms with van der Waals surface area (Å²) in [6.07, 6.45) is 8.90. The van der Waals surface area contributed by atoms with Gasteiger partial charge in [-0.05, 0) is 79.9 Å². The first-order valence-electron chi connectivity index (χ1n) is 6.49. The molecule has 0 N–H and O–H groups in total. The van der Waals surface area contributed by atoms with Crippen LogP contribution in [-0.2, 0) is 9.59 Å². The molecule has 0 saturated heterocycles. The van der Waals surface area contributed by atoms with Crippen LogP contribution in [0.25, 0.3) is 0 Å². The second-order valence-electron chi connectivity index (χ2n) is 5.15. The van der Waals surface area contributed by atoms with Gasteiger partial charge in [0.25, 0.3) is 0 Å². The molecule has 0 atom stereocenters. The number of nitrogens with zero attached hydrogens (tertiary/aromatic N) is 1. The van der Waals surface area contributed by atoms with Crippen molar-refractivity contribution in [2.75, 3.05) is 0 Å². The van der Waals surface area contributed by atoms with Gasteiger partial charge in [0.05, 0.1) is 5.71 Å². The number of allylic oxidation sites excluding steroid dienone is 9. The third-order valence-corrected chi connectivity index (χ3v) is 3.29. The summed E-state index contributed by atoms with van der Waals surface area (Å²) in [7, 11) is 0. The number of Topliss-reactive ketones (excluding diaryl/α,β-unsaturated/α-hetero) is 2. The molecule has 102 valence electrons. The topological polar surface area (TPSA) is 46.5 Å². The zero-order valence-corrected chi connectivity index (χ0v) is 12.2. The van der Waals surface area contributed by atoms with Crippen molar-refractivity contribution in [3.63, 3.8) is 0 Å². The molecule has 2 aliphatic rings. The zero-order valence-electron chi connectivity index (χ0n) is 12.2. The lowest BCUT2D eigenvalue weighted by atomic mass is 9.96. The van der Waals surface area contributed by atoms with Crippen LogP contribution in [0, 0.1) is 0 Å². The van der Waals surface area contributed by atoms with Gasteiger partial charge in [-0.15, -0.1) is 0 Å². The zero-order chi connectivity index (χ0) is 14.9. The fourth-order valence-corrected chi connectivity index (χ4v) is 2.21. The van der Waals surface area contributed by atoms with Crippen molar-refractivity contribution in [1.29, 1.82) is 0 Å². The summed E-state index contributed by atoms with van der Waals surface area (Å²) < 4.78 is 0. The molecule has 20 heavy (non-hydrogen) atoms. The van der Waals surface area contributed by atoms with E-state index in [1.165, 1.54) is 0 Å². The maximum Gasteiger partial charge on any atom is 0.184 e. The van der Waals surface area contributed by atoms with E-state index in [2.05, 4.69) is 4.99 Å². The molecule has 2 aliphatic carbocycles. The molecule has 0 fully saturated rings. The molecule has 0 amide bonds. The molecule has 0 bridgehead atoms. The highest BCUT2D eigenvalue weighted by Crippen LogP contribution is 2.19. The quantitative estimate of drug-likeness (QED) is 0.684. The van der Waals surface area contributed by atoms with Crippen molar-refractivity contribution in [1.82, 2.24) is 0 Å². The maximum absolute atomic E-state index is 11.6. The van der Waals surface area contributed by atoms with Gasteiger partial charge in [-0.1, -0.05) is 0 Å². The second kappa shape index (κ2) is 5.37. The van der Waals surface area contributed by atoms with Gasteiger partial charge in [-0.25, -0.2) is 0 Å². The van der Waals surface area contributed by atoms with Gasteiger partial charge >= 0.3 is 0 Å². The van der Waals surface area contributed by atoms with Crippen molar-refractivity contribution >= 4 is 17.3 Å². The van der Waals surface area contributed by atoms with Crippen LogP contribution in [0.1, 0.15) is 27.7 Å². The normalized spacial score (nSPS) is 19.2. The Morgan fingerprint density at radius 1 is 0.750 bits per heavy atom. The molecule has 0 aromatic heterocycles. The lowest BCUT2D eigenvalue weighted by Gasteiger charge is -2.10. The summed E-state index contributed by atoms with van der Waals surface area (Å²) in [5.41, 5.74) is 4.46. The van der Waals surface area contributed by atoms with E-state index in [0.29, 0.717) is 22.3 Å². The number of aliphatic imine (C=N–C) groups is 1. The van der Waals surface area contributed by atoms with Crippen molar-refractivity contribution < 1.29 is 9.59 Å². The Morgan fingerprint density at radius 2 is 1.15 bits per heavy atom. The number of carbonyl (C=O) groups is 2.